The second-order valence-corrected chi connectivity index (χ2v) is 7.24. The number of nitrogens with one attached hydrogen (secondary N) is 2. The summed E-state index contributed by atoms with van der Waals surface area (Å²) in [6, 6.07) is 6.13. The van der Waals surface area contributed by atoms with Crippen LogP contribution in [0.25, 0.3) is 0 Å². The first-order valence-electron chi connectivity index (χ1n) is 9.33. The van der Waals surface area contributed by atoms with Crippen molar-refractivity contribution in [1.82, 2.24) is 25.6 Å². The first kappa shape index (κ1) is 20.6. The van der Waals surface area contributed by atoms with Gasteiger partial charge in [0, 0.05) is 33.1 Å². The van der Waals surface area contributed by atoms with E-state index in [0.717, 1.165) is 0 Å². The zero-order chi connectivity index (χ0) is 21.2. The van der Waals surface area contributed by atoms with E-state index in [1.54, 1.807) is 36.1 Å². The van der Waals surface area contributed by atoms with Crippen LogP contribution in [0.2, 0.25) is 0 Å². The summed E-state index contributed by atoms with van der Waals surface area (Å²) in [5, 5.41) is 3.35. The molecule has 2 heterocycles. The van der Waals surface area contributed by atoms with E-state index in [4.69, 9.17) is 4.74 Å². The largest absolute Gasteiger partial charge is 0.497 e. The maximum absolute atomic E-state index is 12.9. The molecule has 2 aliphatic rings. The predicted molar refractivity (Wildman–Crippen MR) is 103 cm³/mol. The van der Waals surface area contributed by atoms with Crippen LogP contribution in [0, 0.1) is 0 Å². The number of nitrogens with zero attached hydrogens (tertiary/aromatic N) is 3. The average Bonchev–Trinajstić information content (AvgIpc) is 2.92. The Morgan fingerprint density at radius 3 is 2.52 bits per heavy atom. The number of imide groups is 1. The molecule has 3 rings (SSSR count). The van der Waals surface area contributed by atoms with Crippen molar-refractivity contribution >= 4 is 23.8 Å². The van der Waals surface area contributed by atoms with Crippen LogP contribution in [-0.4, -0.2) is 78.4 Å². The summed E-state index contributed by atoms with van der Waals surface area (Å²) in [6.07, 6.45) is 0. The van der Waals surface area contributed by atoms with Crippen LogP contribution in [0.15, 0.2) is 24.3 Å². The van der Waals surface area contributed by atoms with Crippen molar-refractivity contribution < 1.29 is 23.9 Å². The van der Waals surface area contributed by atoms with E-state index in [9.17, 15) is 19.2 Å². The highest BCUT2D eigenvalue weighted by Crippen LogP contribution is 2.30. The molecule has 2 saturated heterocycles. The van der Waals surface area contributed by atoms with Gasteiger partial charge in [0.1, 0.15) is 11.3 Å². The van der Waals surface area contributed by atoms with Crippen molar-refractivity contribution in [2.24, 2.45) is 0 Å². The molecule has 29 heavy (non-hydrogen) atoms. The van der Waals surface area contributed by atoms with E-state index < -0.39 is 23.4 Å². The molecule has 2 N–H and O–H groups in total. The first-order valence-corrected chi connectivity index (χ1v) is 9.33. The van der Waals surface area contributed by atoms with Crippen molar-refractivity contribution in [3.63, 3.8) is 0 Å². The SMILES string of the molecule is COc1cccc(C2(C)NC(=O)N(NC(=O)CN3CCN(C(C)=O)CC3)C2=O)c1. The van der Waals surface area contributed by atoms with Gasteiger partial charge in [-0.05, 0) is 24.6 Å². The number of methoxy groups -OCH3 is 1. The Bertz CT molecular complexity index is 836. The molecule has 2 aliphatic heterocycles. The van der Waals surface area contributed by atoms with Gasteiger partial charge in [-0.1, -0.05) is 12.1 Å². The zero-order valence-corrected chi connectivity index (χ0v) is 16.7. The fraction of sp³-hybridized carbons (Fsp3) is 0.474. The number of piperazine rings is 1. The van der Waals surface area contributed by atoms with Crippen LogP contribution in [0.1, 0.15) is 19.4 Å². The van der Waals surface area contributed by atoms with Gasteiger partial charge < -0.3 is 15.0 Å². The molecule has 156 valence electrons. The number of hydrazine groups is 1. The monoisotopic (exact) mass is 403 g/mol. The molecule has 0 saturated carbocycles. The molecule has 10 heteroatoms. The Morgan fingerprint density at radius 2 is 1.90 bits per heavy atom. The third kappa shape index (κ3) is 4.16. The number of urea groups is 1. The predicted octanol–water partition coefficient (Wildman–Crippen LogP) is -0.342. The first-order chi connectivity index (χ1) is 13.7. The van der Waals surface area contributed by atoms with Crippen molar-refractivity contribution in [1.29, 1.82) is 0 Å². The van der Waals surface area contributed by atoms with E-state index >= 15 is 0 Å². The highest BCUT2D eigenvalue weighted by molar-refractivity contribution is 6.08. The van der Waals surface area contributed by atoms with Crippen LogP contribution >= 0.6 is 0 Å². The van der Waals surface area contributed by atoms with Crippen molar-refractivity contribution in [2.45, 2.75) is 19.4 Å². The highest BCUT2D eigenvalue weighted by Gasteiger charge is 2.50. The normalized spacial score (nSPS) is 22.4. The summed E-state index contributed by atoms with van der Waals surface area (Å²) in [4.78, 5) is 52.6. The number of carbonyl (C=O) groups excluding carboxylic acids is 4. The van der Waals surface area contributed by atoms with E-state index in [0.29, 0.717) is 42.5 Å². The summed E-state index contributed by atoms with van der Waals surface area (Å²) in [5.41, 5.74) is 1.63. The summed E-state index contributed by atoms with van der Waals surface area (Å²) >= 11 is 0. The molecule has 1 aromatic carbocycles. The summed E-state index contributed by atoms with van der Waals surface area (Å²) < 4.78 is 5.18. The van der Waals surface area contributed by atoms with Crippen LogP contribution in [0.3, 0.4) is 0 Å². The standard InChI is InChI=1S/C19H25N5O5/c1-13(25)23-9-7-22(8-10-23)12-16(26)21-24-17(27)19(2,20-18(24)28)14-5-4-6-15(11-14)29-3/h4-6,11H,7-10,12H2,1-3H3,(H,20,28)(H,21,26). The number of ether oxygens (including phenoxy) is 1. The second kappa shape index (κ2) is 8.08. The molecular formula is C19H25N5O5. The maximum atomic E-state index is 12.9. The highest BCUT2D eigenvalue weighted by atomic mass is 16.5. The topological polar surface area (TPSA) is 111 Å². The van der Waals surface area contributed by atoms with Gasteiger partial charge in [-0.15, -0.1) is 0 Å². The Balaban J connectivity index is 1.63. The number of hydrogen-bond acceptors (Lipinski definition) is 6. The third-order valence-corrected chi connectivity index (χ3v) is 5.26. The van der Waals surface area contributed by atoms with Gasteiger partial charge >= 0.3 is 6.03 Å². The molecule has 5 amide bonds. The lowest BCUT2D eigenvalue weighted by atomic mass is 9.92. The minimum absolute atomic E-state index is 0.00487. The average molecular weight is 403 g/mol. The number of hydrogen-bond donors (Lipinski definition) is 2. The van der Waals surface area contributed by atoms with E-state index in [2.05, 4.69) is 10.7 Å². The fourth-order valence-electron chi connectivity index (χ4n) is 3.45. The Labute approximate surface area is 168 Å². The van der Waals surface area contributed by atoms with Crippen molar-refractivity contribution in [3.8, 4) is 5.75 Å². The fourth-order valence-corrected chi connectivity index (χ4v) is 3.45. The number of benzene rings is 1. The molecule has 1 unspecified atom stereocenters. The van der Waals surface area contributed by atoms with Gasteiger partial charge in [0.05, 0.1) is 13.7 Å². The number of amides is 5. The molecule has 10 nitrogen and oxygen atoms in total. The van der Waals surface area contributed by atoms with Crippen LogP contribution in [0.4, 0.5) is 4.79 Å². The Morgan fingerprint density at radius 1 is 1.21 bits per heavy atom. The molecular weight excluding hydrogens is 378 g/mol. The van der Waals surface area contributed by atoms with E-state index in [-0.39, 0.29) is 12.5 Å². The second-order valence-electron chi connectivity index (χ2n) is 7.24. The van der Waals surface area contributed by atoms with Crippen molar-refractivity contribution in [3.05, 3.63) is 29.8 Å². The minimum Gasteiger partial charge on any atom is -0.497 e. The summed E-state index contributed by atoms with van der Waals surface area (Å²) in [5.74, 6) is -0.492. The molecule has 0 aromatic heterocycles. The van der Waals surface area contributed by atoms with Gasteiger partial charge in [-0.25, -0.2) is 4.79 Å². The third-order valence-electron chi connectivity index (χ3n) is 5.26. The molecule has 0 aliphatic carbocycles. The molecule has 2 fully saturated rings. The Hall–Kier alpha value is -3.14. The quantitative estimate of drug-likeness (QED) is 0.651. The minimum atomic E-state index is -1.31. The smallest absolute Gasteiger partial charge is 0.344 e. The lowest BCUT2D eigenvalue weighted by Crippen LogP contribution is -2.54. The summed E-state index contributed by atoms with van der Waals surface area (Å²) in [6.45, 7) is 5.30. The molecule has 0 spiro atoms. The van der Waals surface area contributed by atoms with Crippen LogP contribution in [-0.2, 0) is 19.9 Å². The van der Waals surface area contributed by atoms with Gasteiger partial charge in [-0.3, -0.25) is 24.7 Å². The molecule has 0 bridgehead atoms. The summed E-state index contributed by atoms with van der Waals surface area (Å²) in [7, 11) is 1.51. The molecule has 0 radical (unpaired) electrons. The van der Waals surface area contributed by atoms with E-state index in [1.807, 2.05) is 4.90 Å². The number of carbonyl (C=O) groups is 4. The maximum Gasteiger partial charge on any atom is 0.344 e. The lowest BCUT2D eigenvalue weighted by molar-refractivity contribution is -0.139. The van der Waals surface area contributed by atoms with Crippen molar-refractivity contribution in [2.75, 3.05) is 39.8 Å². The van der Waals surface area contributed by atoms with Gasteiger partial charge in [-0.2, -0.15) is 5.01 Å². The Kier molecular flexibility index (Phi) is 5.73. The number of rotatable bonds is 5. The van der Waals surface area contributed by atoms with Gasteiger partial charge in [0.15, 0.2) is 0 Å². The van der Waals surface area contributed by atoms with Gasteiger partial charge in [0.25, 0.3) is 11.8 Å². The molecule has 1 atom stereocenters. The van der Waals surface area contributed by atoms with E-state index in [1.165, 1.54) is 14.0 Å². The van der Waals surface area contributed by atoms with Gasteiger partial charge in [0.2, 0.25) is 5.91 Å². The lowest BCUT2D eigenvalue weighted by Gasteiger charge is -2.33. The van der Waals surface area contributed by atoms with Crippen LogP contribution < -0.4 is 15.5 Å². The molecule has 1 aromatic rings. The zero-order valence-electron chi connectivity index (χ0n) is 16.7. The van der Waals surface area contributed by atoms with Crippen LogP contribution in [0.5, 0.6) is 5.75 Å².